The molecule has 1 aliphatic rings. The number of aliphatic hydroxyl groups excluding tert-OH is 1. The van der Waals surface area contributed by atoms with Crippen molar-refractivity contribution in [2.24, 2.45) is 0 Å². The summed E-state index contributed by atoms with van der Waals surface area (Å²) in [4.78, 5) is 0. The minimum atomic E-state index is -0.139. The van der Waals surface area contributed by atoms with Crippen LogP contribution in [-0.4, -0.2) is 18.3 Å². The van der Waals surface area contributed by atoms with E-state index in [1.165, 1.54) is 0 Å². The van der Waals surface area contributed by atoms with Crippen molar-refractivity contribution >= 4 is 15.9 Å². The molecule has 3 rings (SSSR count). The maximum absolute atomic E-state index is 8.61. The highest BCUT2D eigenvalue weighted by Gasteiger charge is 2.15. The van der Waals surface area contributed by atoms with E-state index in [9.17, 15) is 0 Å². The second-order valence-corrected chi connectivity index (χ2v) is 5.54. The van der Waals surface area contributed by atoms with Crippen LogP contribution < -0.4 is 0 Å². The van der Waals surface area contributed by atoms with Crippen LogP contribution in [0.5, 0.6) is 0 Å². The van der Waals surface area contributed by atoms with Gasteiger partial charge in [0.25, 0.3) is 0 Å². The van der Waals surface area contributed by atoms with Gasteiger partial charge >= 0.3 is 0 Å². The summed E-state index contributed by atoms with van der Waals surface area (Å²) >= 11 is 3.29. The fourth-order valence-electron chi connectivity index (χ4n) is 1.88. The van der Waals surface area contributed by atoms with Gasteiger partial charge in [-0.05, 0) is 24.1 Å². The molecule has 112 valence electrons. The van der Waals surface area contributed by atoms with Gasteiger partial charge in [0.05, 0.1) is 19.8 Å². The van der Waals surface area contributed by atoms with E-state index < -0.39 is 0 Å². The van der Waals surface area contributed by atoms with E-state index in [-0.39, 0.29) is 12.9 Å². The SMILES string of the molecule is OCc1ccc(Br)cc1.c1ccc(C2OCCCO2)cc1. The first kappa shape index (κ1) is 16.2. The van der Waals surface area contributed by atoms with Crippen molar-refractivity contribution in [3.63, 3.8) is 0 Å². The predicted octanol–water partition coefficient (Wildman–Crippen LogP) is 4.06. The molecule has 3 nitrogen and oxygen atoms in total. The molecule has 1 heterocycles. The highest BCUT2D eigenvalue weighted by molar-refractivity contribution is 9.10. The maximum atomic E-state index is 8.61. The Morgan fingerprint density at radius 3 is 2.14 bits per heavy atom. The molecule has 0 atom stereocenters. The number of benzene rings is 2. The van der Waals surface area contributed by atoms with Crippen LogP contribution in [0.3, 0.4) is 0 Å². The Morgan fingerprint density at radius 1 is 0.952 bits per heavy atom. The Morgan fingerprint density at radius 2 is 1.57 bits per heavy atom. The van der Waals surface area contributed by atoms with Crippen molar-refractivity contribution in [3.8, 4) is 0 Å². The number of ether oxygens (including phenoxy) is 2. The molecule has 4 heteroatoms. The van der Waals surface area contributed by atoms with Gasteiger partial charge in [-0.3, -0.25) is 0 Å². The van der Waals surface area contributed by atoms with Crippen LogP contribution in [0.1, 0.15) is 23.8 Å². The molecule has 0 amide bonds. The summed E-state index contributed by atoms with van der Waals surface area (Å²) in [5.41, 5.74) is 2.05. The molecule has 21 heavy (non-hydrogen) atoms. The van der Waals surface area contributed by atoms with Gasteiger partial charge in [0.15, 0.2) is 6.29 Å². The van der Waals surface area contributed by atoms with Crippen LogP contribution in [-0.2, 0) is 16.1 Å². The second-order valence-electron chi connectivity index (χ2n) is 4.62. The van der Waals surface area contributed by atoms with Crippen LogP contribution in [0.15, 0.2) is 59.1 Å². The molecule has 1 saturated heterocycles. The Balaban J connectivity index is 0.000000161. The number of aliphatic hydroxyl groups is 1. The normalized spacial score (nSPS) is 15.1. The van der Waals surface area contributed by atoms with Crippen molar-refractivity contribution in [3.05, 3.63) is 70.2 Å². The summed E-state index contributed by atoms with van der Waals surface area (Å²) in [6, 6.07) is 17.6. The zero-order valence-corrected chi connectivity index (χ0v) is 13.3. The molecule has 0 radical (unpaired) electrons. The summed E-state index contributed by atoms with van der Waals surface area (Å²) in [6.07, 6.45) is 0.864. The first-order chi connectivity index (χ1) is 10.3. The Bertz CT molecular complexity index is 507. The lowest BCUT2D eigenvalue weighted by atomic mass is 10.2. The average molecular weight is 351 g/mol. The topological polar surface area (TPSA) is 38.7 Å². The lowest BCUT2D eigenvalue weighted by Crippen LogP contribution is -2.17. The molecule has 1 aliphatic heterocycles. The standard InChI is InChI=1S/C10H12O2.C7H7BrO/c1-2-5-9(6-3-1)10-11-7-4-8-12-10;8-7-3-1-6(5-9)2-4-7/h1-3,5-6,10H,4,7-8H2;1-4,9H,5H2. The van der Waals surface area contributed by atoms with Crippen molar-refractivity contribution < 1.29 is 14.6 Å². The van der Waals surface area contributed by atoms with E-state index in [1.54, 1.807) is 0 Å². The van der Waals surface area contributed by atoms with Crippen LogP contribution >= 0.6 is 15.9 Å². The quantitative estimate of drug-likeness (QED) is 0.887. The molecule has 0 bridgehead atoms. The average Bonchev–Trinajstić information content (AvgIpc) is 2.58. The summed E-state index contributed by atoms with van der Waals surface area (Å²) in [6.45, 7) is 1.73. The van der Waals surface area contributed by atoms with Gasteiger partial charge in [0.1, 0.15) is 0 Å². The Hall–Kier alpha value is -1.20. The van der Waals surface area contributed by atoms with Gasteiger partial charge in [-0.1, -0.05) is 58.4 Å². The third-order valence-corrected chi connectivity index (χ3v) is 3.52. The molecule has 1 fully saturated rings. The van der Waals surface area contributed by atoms with Crippen LogP contribution in [0, 0.1) is 0 Å². The molecule has 0 aliphatic carbocycles. The molecule has 0 spiro atoms. The van der Waals surface area contributed by atoms with E-state index in [0.29, 0.717) is 0 Å². The molecule has 0 saturated carbocycles. The molecule has 0 aromatic heterocycles. The molecule has 1 N–H and O–H groups in total. The van der Waals surface area contributed by atoms with Gasteiger partial charge in [-0.2, -0.15) is 0 Å². The smallest absolute Gasteiger partial charge is 0.183 e. The van der Waals surface area contributed by atoms with Crippen molar-refractivity contribution in [2.45, 2.75) is 19.3 Å². The van der Waals surface area contributed by atoms with E-state index >= 15 is 0 Å². The highest BCUT2D eigenvalue weighted by atomic mass is 79.9. The first-order valence-corrected chi connectivity index (χ1v) is 7.72. The van der Waals surface area contributed by atoms with Crippen LogP contribution in [0.2, 0.25) is 0 Å². The zero-order chi connectivity index (χ0) is 14.9. The second kappa shape index (κ2) is 8.95. The summed E-state index contributed by atoms with van der Waals surface area (Å²) in [5, 5.41) is 8.61. The lowest BCUT2D eigenvalue weighted by molar-refractivity contribution is -0.183. The van der Waals surface area contributed by atoms with Gasteiger partial charge in [0, 0.05) is 10.0 Å². The van der Waals surface area contributed by atoms with E-state index in [1.807, 2.05) is 54.6 Å². The third kappa shape index (κ3) is 5.59. The highest BCUT2D eigenvalue weighted by Crippen LogP contribution is 2.21. The van der Waals surface area contributed by atoms with Crippen molar-refractivity contribution in [1.82, 2.24) is 0 Å². The van der Waals surface area contributed by atoms with E-state index in [2.05, 4.69) is 15.9 Å². The summed E-state index contributed by atoms with van der Waals surface area (Å²) in [7, 11) is 0. The molecular weight excluding hydrogens is 332 g/mol. The first-order valence-electron chi connectivity index (χ1n) is 6.93. The van der Waals surface area contributed by atoms with Gasteiger partial charge in [0.2, 0.25) is 0 Å². The zero-order valence-electron chi connectivity index (χ0n) is 11.7. The molecular formula is C17H19BrO3. The summed E-state index contributed by atoms with van der Waals surface area (Å²) in [5.74, 6) is 0. The van der Waals surface area contributed by atoms with E-state index in [4.69, 9.17) is 14.6 Å². The van der Waals surface area contributed by atoms with Crippen molar-refractivity contribution in [1.29, 1.82) is 0 Å². The van der Waals surface area contributed by atoms with Gasteiger partial charge in [-0.15, -0.1) is 0 Å². The largest absolute Gasteiger partial charge is 0.392 e. The Kier molecular flexibility index (Phi) is 6.89. The fraction of sp³-hybridized carbons (Fsp3) is 0.294. The number of rotatable bonds is 2. The minimum Gasteiger partial charge on any atom is -0.392 e. The third-order valence-electron chi connectivity index (χ3n) is 2.99. The Labute approximate surface area is 133 Å². The van der Waals surface area contributed by atoms with Gasteiger partial charge in [-0.25, -0.2) is 0 Å². The van der Waals surface area contributed by atoms with E-state index in [0.717, 1.165) is 35.2 Å². The number of hydrogen-bond donors (Lipinski definition) is 1. The molecule has 0 unspecified atom stereocenters. The minimum absolute atomic E-state index is 0.118. The lowest BCUT2D eigenvalue weighted by Gasteiger charge is -2.23. The van der Waals surface area contributed by atoms with Gasteiger partial charge < -0.3 is 14.6 Å². The van der Waals surface area contributed by atoms with Crippen LogP contribution in [0.4, 0.5) is 0 Å². The molecule has 2 aromatic rings. The van der Waals surface area contributed by atoms with Crippen molar-refractivity contribution in [2.75, 3.05) is 13.2 Å². The van der Waals surface area contributed by atoms with Crippen LogP contribution in [0.25, 0.3) is 0 Å². The number of hydrogen-bond acceptors (Lipinski definition) is 3. The maximum Gasteiger partial charge on any atom is 0.183 e. The fourth-order valence-corrected chi connectivity index (χ4v) is 2.14. The monoisotopic (exact) mass is 350 g/mol. The number of halogens is 1. The molecule has 2 aromatic carbocycles. The predicted molar refractivity (Wildman–Crippen MR) is 85.8 cm³/mol. The summed E-state index contributed by atoms with van der Waals surface area (Å²) < 4.78 is 11.9.